The summed E-state index contributed by atoms with van der Waals surface area (Å²) in [5.74, 6) is 0.277. The van der Waals surface area contributed by atoms with E-state index in [1.54, 1.807) is 0 Å². The van der Waals surface area contributed by atoms with Crippen molar-refractivity contribution in [2.24, 2.45) is 0 Å². The lowest BCUT2D eigenvalue weighted by Crippen LogP contribution is -2.17. The molecule has 0 bridgehead atoms. The van der Waals surface area contributed by atoms with Gasteiger partial charge in [0.15, 0.2) is 0 Å². The van der Waals surface area contributed by atoms with E-state index in [9.17, 15) is 0 Å². The molecule has 2 heterocycles. The van der Waals surface area contributed by atoms with Gasteiger partial charge in [-0.1, -0.05) is 183 Å². The molecule has 75 heavy (non-hydrogen) atoms. The highest BCUT2D eigenvalue weighted by atomic mass is 16.3. The second-order valence-electron chi connectivity index (χ2n) is 25.4. The third-order valence-corrected chi connectivity index (χ3v) is 18.5. The first-order valence-corrected chi connectivity index (χ1v) is 27.4. The molecule has 2 heteroatoms. The number of furan rings is 2. The molecule has 0 fully saturated rings. The fourth-order valence-electron chi connectivity index (χ4n) is 15.0. The van der Waals surface area contributed by atoms with E-state index in [1.165, 1.54) is 138 Å². The van der Waals surface area contributed by atoms with Gasteiger partial charge < -0.3 is 8.83 Å². The Labute approximate surface area is 442 Å². The van der Waals surface area contributed by atoms with Crippen molar-refractivity contribution in [2.45, 2.75) is 124 Å². The summed E-state index contributed by atoms with van der Waals surface area (Å²) in [7, 11) is 0. The Morgan fingerprint density at radius 1 is 0.413 bits per heavy atom. The van der Waals surface area contributed by atoms with Gasteiger partial charge in [-0.3, -0.25) is 0 Å². The highest BCUT2D eigenvalue weighted by Gasteiger charge is 2.44. The van der Waals surface area contributed by atoms with E-state index in [1.807, 2.05) is 0 Å². The predicted molar refractivity (Wildman–Crippen MR) is 315 cm³/mol. The molecule has 3 aliphatic rings. The van der Waals surface area contributed by atoms with E-state index in [0.717, 1.165) is 35.2 Å². The van der Waals surface area contributed by atoms with Crippen molar-refractivity contribution in [1.82, 2.24) is 0 Å². The number of hydrogen-bond donors (Lipinski definition) is 0. The molecule has 0 aliphatic heterocycles. The van der Waals surface area contributed by atoms with Crippen molar-refractivity contribution in [2.75, 3.05) is 0 Å². The molecule has 370 valence electrons. The van der Waals surface area contributed by atoms with E-state index < -0.39 is 0 Å². The lowest BCUT2D eigenvalue weighted by Gasteiger charge is -2.26. The van der Waals surface area contributed by atoms with Crippen LogP contribution in [0.4, 0.5) is 0 Å². The van der Waals surface area contributed by atoms with Crippen LogP contribution >= 0.6 is 0 Å². The number of rotatable bonds is 6. The summed E-state index contributed by atoms with van der Waals surface area (Å²) in [4.78, 5) is 0. The minimum atomic E-state index is -0.236. The molecule has 0 saturated carbocycles. The first kappa shape index (κ1) is 46.1. The van der Waals surface area contributed by atoms with Crippen LogP contribution in [0.15, 0.2) is 160 Å². The van der Waals surface area contributed by atoms with Gasteiger partial charge in [0.2, 0.25) is 0 Å². The first-order valence-electron chi connectivity index (χ1n) is 27.4. The maximum absolute atomic E-state index is 6.95. The summed E-state index contributed by atoms with van der Waals surface area (Å²) in [6.07, 6.45) is 1.89. The summed E-state index contributed by atoms with van der Waals surface area (Å²) >= 11 is 0. The Morgan fingerprint density at radius 2 is 0.933 bits per heavy atom. The zero-order chi connectivity index (χ0) is 51.8. The molecule has 9 aromatic carbocycles. The lowest BCUT2D eigenvalue weighted by molar-refractivity contribution is 0.591. The van der Waals surface area contributed by atoms with Gasteiger partial charge in [-0.15, -0.1) is 0 Å². The van der Waals surface area contributed by atoms with Crippen LogP contribution in [0.5, 0.6) is 0 Å². The number of aryl methyl sites for hydroxylation is 3. The van der Waals surface area contributed by atoms with Crippen molar-refractivity contribution in [3.05, 3.63) is 224 Å². The fraction of sp³-hybridized carbons (Fsp3) is 0.260. The van der Waals surface area contributed by atoms with Crippen LogP contribution in [0.1, 0.15) is 141 Å². The molecule has 3 aliphatic carbocycles. The summed E-state index contributed by atoms with van der Waals surface area (Å²) in [6.45, 7) is 28.5. The van der Waals surface area contributed by atoms with E-state index in [-0.39, 0.29) is 27.6 Å². The van der Waals surface area contributed by atoms with Crippen molar-refractivity contribution in [3.63, 3.8) is 0 Å². The topological polar surface area (TPSA) is 26.3 Å². The smallest absolute Gasteiger partial charge is 0.143 e. The predicted octanol–water partition coefficient (Wildman–Crippen LogP) is 19.9. The zero-order valence-electron chi connectivity index (χ0n) is 45.7. The highest BCUT2D eigenvalue weighted by molar-refractivity contribution is 6.19. The van der Waals surface area contributed by atoms with Crippen LogP contribution in [0.2, 0.25) is 0 Å². The van der Waals surface area contributed by atoms with Crippen LogP contribution < -0.4 is 0 Å². The SMILES string of the molecule is Cc1cc(C)c(C(Cc2ccc3c(c2)C(C)(C)c2cc4c(cc2-3)C(C)(C)c2ccc3oc5ccccc5c3c2-4)Cc2ccc3c(c2)C(C)(C)c2cc(-c4ccccc4C(C)(C)C)c4oc5ccccc5c4c2-3)c(C)c1. The van der Waals surface area contributed by atoms with Gasteiger partial charge in [0, 0.05) is 43.4 Å². The van der Waals surface area contributed by atoms with E-state index in [2.05, 4.69) is 235 Å². The molecular formula is C73H66O2. The molecule has 14 rings (SSSR count). The van der Waals surface area contributed by atoms with Crippen molar-refractivity contribution in [1.29, 1.82) is 0 Å². The standard InChI is InChI=1S/C73H66O2/c1-40-31-41(2)64(42(3)32-40)45(33-43-25-27-47-51-37-59-53(39-58(51)72(9,10)56(47)35-43)66-55(71(59,7)8)29-30-63-67(66)49-20-14-17-23-61(49)74-63)34-44-26-28-48-57(36-44)73(11,12)60-38-52(46-19-13-16-22-54(46)70(4,5)6)69-68(65(48)60)50-21-15-18-24-62(50)75-69/h13-32,35-39,45H,33-34H2,1-12H3. The Balaban J connectivity index is 0.861. The minimum absolute atomic E-state index is 0.0386. The monoisotopic (exact) mass is 975 g/mol. The van der Waals surface area contributed by atoms with Crippen molar-refractivity contribution in [3.8, 4) is 44.5 Å². The maximum atomic E-state index is 6.95. The van der Waals surface area contributed by atoms with Crippen LogP contribution in [0, 0.1) is 20.8 Å². The van der Waals surface area contributed by atoms with E-state index >= 15 is 0 Å². The Hall–Kier alpha value is -7.42. The maximum Gasteiger partial charge on any atom is 0.143 e. The van der Waals surface area contributed by atoms with Crippen LogP contribution in [0.3, 0.4) is 0 Å². The van der Waals surface area contributed by atoms with E-state index in [0.29, 0.717) is 0 Å². The summed E-state index contributed by atoms with van der Waals surface area (Å²) in [5.41, 5.74) is 31.8. The molecule has 0 N–H and O–H groups in total. The third-order valence-electron chi connectivity index (χ3n) is 18.5. The summed E-state index contributed by atoms with van der Waals surface area (Å²) < 4.78 is 13.4. The Kier molecular flexibility index (Phi) is 9.58. The molecule has 1 unspecified atom stereocenters. The van der Waals surface area contributed by atoms with Crippen LogP contribution in [-0.4, -0.2) is 0 Å². The van der Waals surface area contributed by atoms with E-state index in [4.69, 9.17) is 8.83 Å². The van der Waals surface area contributed by atoms with Gasteiger partial charge in [0.05, 0.1) is 0 Å². The second kappa shape index (κ2) is 15.6. The van der Waals surface area contributed by atoms with Gasteiger partial charge in [-0.25, -0.2) is 0 Å². The lowest BCUT2D eigenvalue weighted by atomic mass is 9.77. The van der Waals surface area contributed by atoms with Gasteiger partial charge in [-0.05, 0) is 187 Å². The summed E-state index contributed by atoms with van der Waals surface area (Å²) in [6, 6.07) is 57.9. The first-order chi connectivity index (χ1) is 35.8. The minimum Gasteiger partial charge on any atom is -0.456 e. The molecule has 11 aromatic rings. The third kappa shape index (κ3) is 6.51. The molecular weight excluding hydrogens is 909 g/mol. The molecule has 2 aromatic heterocycles. The quantitative estimate of drug-likeness (QED) is 0.166. The second-order valence-corrected chi connectivity index (χ2v) is 25.4. The fourth-order valence-corrected chi connectivity index (χ4v) is 15.0. The van der Waals surface area contributed by atoms with Gasteiger partial charge >= 0.3 is 0 Å². The van der Waals surface area contributed by atoms with Crippen molar-refractivity contribution >= 4 is 43.9 Å². The Morgan fingerprint density at radius 3 is 1.63 bits per heavy atom. The van der Waals surface area contributed by atoms with Crippen LogP contribution in [-0.2, 0) is 34.5 Å². The molecule has 2 nitrogen and oxygen atoms in total. The van der Waals surface area contributed by atoms with Gasteiger partial charge in [0.1, 0.15) is 22.3 Å². The molecule has 1 atom stereocenters. The molecule has 0 amide bonds. The number of benzene rings is 9. The summed E-state index contributed by atoms with van der Waals surface area (Å²) in [5, 5.41) is 4.85. The zero-order valence-corrected chi connectivity index (χ0v) is 45.7. The average Bonchev–Trinajstić information content (AvgIpc) is 4.12. The van der Waals surface area contributed by atoms with Gasteiger partial charge in [0.25, 0.3) is 0 Å². The molecule has 0 radical (unpaired) electrons. The largest absolute Gasteiger partial charge is 0.456 e. The molecule has 0 saturated heterocycles. The van der Waals surface area contributed by atoms with Crippen molar-refractivity contribution < 1.29 is 8.83 Å². The Bertz CT molecular complexity index is 4260. The highest BCUT2D eigenvalue weighted by Crippen LogP contribution is 2.59. The number of hydrogen-bond acceptors (Lipinski definition) is 2. The van der Waals surface area contributed by atoms with Crippen LogP contribution in [0.25, 0.3) is 88.4 Å². The number of fused-ring (bicyclic) bond motifs is 17. The molecule has 0 spiro atoms. The average molecular weight is 975 g/mol. The van der Waals surface area contributed by atoms with Gasteiger partial charge in [-0.2, -0.15) is 0 Å². The number of para-hydroxylation sites is 2. The normalized spacial score (nSPS) is 15.8.